The van der Waals surface area contributed by atoms with Gasteiger partial charge in [-0.25, -0.2) is 0 Å². The van der Waals surface area contributed by atoms with Crippen molar-refractivity contribution < 1.29 is 9.53 Å². The van der Waals surface area contributed by atoms with Crippen LogP contribution in [0, 0.1) is 5.92 Å². The summed E-state index contributed by atoms with van der Waals surface area (Å²) in [5, 5.41) is 7.36. The number of rotatable bonds is 7. The Balaban J connectivity index is 1.60. The van der Waals surface area contributed by atoms with E-state index in [2.05, 4.69) is 31.2 Å². The number of benzene rings is 2. The largest absolute Gasteiger partial charge is 0.497 e. The highest BCUT2D eigenvalue weighted by molar-refractivity contribution is 7.80. The van der Waals surface area contributed by atoms with Crippen LogP contribution in [0.2, 0.25) is 5.02 Å². The number of methoxy groups -OCH3 is 1. The normalized spacial score (nSPS) is 17.0. The summed E-state index contributed by atoms with van der Waals surface area (Å²) in [4.78, 5) is 19.0. The average Bonchev–Trinajstić information content (AvgIpc) is 3.54. The third-order valence-corrected chi connectivity index (χ3v) is 7.15. The summed E-state index contributed by atoms with van der Waals surface area (Å²) in [5.41, 5.74) is 4.20. The number of hydrogen-bond acceptors (Lipinski definition) is 4. The molecule has 0 bridgehead atoms. The van der Waals surface area contributed by atoms with E-state index in [0.717, 1.165) is 28.5 Å². The molecule has 0 spiro atoms. The van der Waals surface area contributed by atoms with Crippen molar-refractivity contribution in [2.45, 2.75) is 25.9 Å². The van der Waals surface area contributed by atoms with Gasteiger partial charge in [0.15, 0.2) is 5.11 Å². The minimum Gasteiger partial charge on any atom is -0.497 e. The number of halogens is 1. The van der Waals surface area contributed by atoms with Gasteiger partial charge in [0.25, 0.3) is 0 Å². The molecule has 2 N–H and O–H groups in total. The smallest absolute Gasteiger partial charge is 0.226 e. The number of nitrogens with zero attached hydrogens (tertiary/aromatic N) is 3. The number of aromatic nitrogens is 2. The molecule has 0 aliphatic carbocycles. The first kappa shape index (κ1) is 25.8. The third-order valence-electron chi connectivity index (χ3n) is 6.53. The molecule has 2 aromatic carbocycles. The predicted molar refractivity (Wildman–Crippen MR) is 155 cm³/mol. The van der Waals surface area contributed by atoms with Gasteiger partial charge in [-0.1, -0.05) is 37.6 Å². The molecule has 194 valence electrons. The number of thiocarbonyl (C=S) groups is 1. The lowest BCUT2D eigenvalue weighted by atomic mass is 10.0. The third kappa shape index (κ3) is 4.97. The summed E-state index contributed by atoms with van der Waals surface area (Å²) >= 11 is 12.5. The van der Waals surface area contributed by atoms with E-state index in [4.69, 9.17) is 28.6 Å². The van der Waals surface area contributed by atoms with Crippen LogP contribution in [0.4, 0.5) is 11.4 Å². The maximum absolute atomic E-state index is 12.3. The molecule has 5 rings (SSSR count). The average molecular weight is 546 g/mol. The molecule has 3 heterocycles. The summed E-state index contributed by atoms with van der Waals surface area (Å²) in [5.74, 6) is 0.516. The van der Waals surface area contributed by atoms with Crippen LogP contribution in [0.15, 0.2) is 85.2 Å². The van der Waals surface area contributed by atoms with Crippen molar-refractivity contribution >= 4 is 46.2 Å². The lowest BCUT2D eigenvalue weighted by Gasteiger charge is -2.29. The molecule has 4 aromatic rings. The second-order valence-corrected chi connectivity index (χ2v) is 10.1. The number of carbonyl (C=O) groups is 1. The Labute approximate surface area is 232 Å². The minimum atomic E-state index is -0.245. The van der Waals surface area contributed by atoms with Crippen molar-refractivity contribution in [3.63, 3.8) is 0 Å². The lowest BCUT2D eigenvalue weighted by molar-refractivity contribution is -0.118. The van der Waals surface area contributed by atoms with E-state index in [0.29, 0.717) is 15.8 Å². The summed E-state index contributed by atoms with van der Waals surface area (Å²) in [6.45, 7) is 3.68. The van der Waals surface area contributed by atoms with Gasteiger partial charge >= 0.3 is 0 Å². The highest BCUT2D eigenvalue weighted by atomic mass is 35.5. The number of ether oxygens (including phenoxy) is 1. The Bertz CT molecular complexity index is 1470. The molecule has 2 aromatic heterocycles. The zero-order valence-electron chi connectivity index (χ0n) is 21.3. The van der Waals surface area contributed by atoms with Gasteiger partial charge < -0.3 is 24.8 Å². The molecular formula is C29H28ClN5O2S. The molecule has 1 amide bonds. The van der Waals surface area contributed by atoms with Gasteiger partial charge in [-0.05, 0) is 66.8 Å². The topological polar surface area (TPSA) is 71.4 Å². The monoisotopic (exact) mass is 545 g/mol. The van der Waals surface area contributed by atoms with E-state index in [9.17, 15) is 4.79 Å². The number of hydrogen-bond donors (Lipinski definition) is 2. The maximum Gasteiger partial charge on any atom is 0.226 e. The zero-order chi connectivity index (χ0) is 26.8. The molecule has 1 saturated heterocycles. The van der Waals surface area contributed by atoms with Gasteiger partial charge in [0.1, 0.15) is 11.8 Å². The van der Waals surface area contributed by atoms with Gasteiger partial charge in [-0.3, -0.25) is 9.78 Å². The Morgan fingerprint density at radius 3 is 2.63 bits per heavy atom. The van der Waals surface area contributed by atoms with Crippen LogP contribution in [-0.4, -0.2) is 27.7 Å². The Morgan fingerprint density at radius 1 is 1.08 bits per heavy atom. The molecular weight excluding hydrogens is 518 g/mol. The van der Waals surface area contributed by atoms with Crippen molar-refractivity contribution in [3.05, 3.63) is 102 Å². The van der Waals surface area contributed by atoms with Crippen molar-refractivity contribution in [1.82, 2.24) is 14.9 Å². The van der Waals surface area contributed by atoms with E-state index in [1.165, 1.54) is 0 Å². The predicted octanol–water partition coefficient (Wildman–Crippen LogP) is 6.31. The van der Waals surface area contributed by atoms with Crippen LogP contribution in [-0.2, 0) is 4.79 Å². The molecule has 0 radical (unpaired) electrons. The van der Waals surface area contributed by atoms with E-state index in [-0.39, 0.29) is 23.9 Å². The highest BCUT2D eigenvalue weighted by Crippen LogP contribution is 2.43. The number of nitrogens with one attached hydrogen (secondary N) is 2. The van der Waals surface area contributed by atoms with E-state index in [1.54, 1.807) is 13.3 Å². The van der Waals surface area contributed by atoms with Crippen molar-refractivity contribution in [2.24, 2.45) is 5.92 Å². The van der Waals surface area contributed by atoms with Crippen LogP contribution in [0.5, 0.6) is 5.75 Å². The fourth-order valence-electron chi connectivity index (χ4n) is 4.60. The fourth-order valence-corrected chi connectivity index (χ4v) is 5.16. The first-order valence-corrected chi connectivity index (χ1v) is 13.1. The maximum atomic E-state index is 12.3. The SMILES string of the molecule is COc1cccc(-n2cccc2[C@H]2[C@@H](c3ccccn3)NC(=S)N2c2ccc(NC(=O)C(C)C)c(Cl)c2)c1. The number of amides is 1. The summed E-state index contributed by atoms with van der Waals surface area (Å²) in [6.07, 6.45) is 3.81. The molecule has 7 nitrogen and oxygen atoms in total. The molecule has 2 atom stereocenters. The molecule has 0 saturated carbocycles. The first-order chi connectivity index (χ1) is 18.4. The lowest BCUT2D eigenvalue weighted by Crippen LogP contribution is -2.30. The number of pyridine rings is 1. The molecule has 1 aliphatic rings. The first-order valence-electron chi connectivity index (χ1n) is 12.3. The van der Waals surface area contributed by atoms with Crippen LogP contribution in [0.1, 0.15) is 37.3 Å². The molecule has 9 heteroatoms. The summed E-state index contributed by atoms with van der Waals surface area (Å²) in [6, 6.07) is 23.0. The van der Waals surface area contributed by atoms with Gasteiger partial charge in [0, 0.05) is 41.4 Å². The van der Waals surface area contributed by atoms with E-state index >= 15 is 0 Å². The van der Waals surface area contributed by atoms with Crippen LogP contribution >= 0.6 is 23.8 Å². The minimum absolute atomic E-state index is 0.0952. The van der Waals surface area contributed by atoms with E-state index in [1.807, 2.05) is 86.8 Å². The summed E-state index contributed by atoms with van der Waals surface area (Å²) in [7, 11) is 1.66. The van der Waals surface area contributed by atoms with Crippen molar-refractivity contribution in [2.75, 3.05) is 17.3 Å². The van der Waals surface area contributed by atoms with Crippen molar-refractivity contribution in [3.8, 4) is 11.4 Å². The van der Waals surface area contributed by atoms with E-state index < -0.39 is 0 Å². The molecule has 1 fully saturated rings. The molecule has 1 aliphatic heterocycles. The fraction of sp³-hybridized carbons (Fsp3) is 0.207. The van der Waals surface area contributed by atoms with Gasteiger partial charge in [0.2, 0.25) is 5.91 Å². The number of carbonyl (C=O) groups excluding carboxylic acids is 1. The Morgan fingerprint density at radius 2 is 1.92 bits per heavy atom. The standard InChI is InChI=1S/C29H28ClN5O2S/c1-18(2)28(36)32-23-13-12-20(17-22(23)30)35-27(26(33-29(35)38)24-10-4-5-14-31-24)25-11-7-15-34(25)19-8-6-9-21(16-19)37-3/h4-18,26-27H,1-3H3,(H,32,36)(H,33,38)/t26-,27+/m1/s1. The van der Waals surface area contributed by atoms with Gasteiger partial charge in [-0.15, -0.1) is 0 Å². The summed E-state index contributed by atoms with van der Waals surface area (Å²) < 4.78 is 7.60. The van der Waals surface area contributed by atoms with Crippen LogP contribution < -0.4 is 20.3 Å². The molecule has 38 heavy (non-hydrogen) atoms. The second kappa shape index (κ2) is 10.8. The van der Waals surface area contributed by atoms with Crippen LogP contribution in [0.3, 0.4) is 0 Å². The Kier molecular flexibility index (Phi) is 7.35. The van der Waals surface area contributed by atoms with Crippen molar-refractivity contribution in [1.29, 1.82) is 0 Å². The molecule has 0 unspecified atom stereocenters. The Hall–Kier alpha value is -3.88. The van der Waals surface area contributed by atoms with Gasteiger partial charge in [0.05, 0.1) is 29.6 Å². The second-order valence-electron chi connectivity index (χ2n) is 9.31. The quantitative estimate of drug-likeness (QED) is 0.265. The number of anilines is 2. The zero-order valence-corrected chi connectivity index (χ0v) is 22.8. The van der Waals surface area contributed by atoms with Crippen LogP contribution in [0.25, 0.3) is 5.69 Å². The highest BCUT2D eigenvalue weighted by Gasteiger charge is 2.42. The van der Waals surface area contributed by atoms with Gasteiger partial charge in [-0.2, -0.15) is 0 Å².